The number of carbonyl (C=O) groups excluding carboxylic acids is 1. The quantitative estimate of drug-likeness (QED) is 0.603. The number of ether oxygens (including phenoxy) is 1. The fourth-order valence-corrected chi connectivity index (χ4v) is 4.36. The van der Waals surface area contributed by atoms with Crippen LogP contribution in [0.4, 0.5) is 5.69 Å². The summed E-state index contributed by atoms with van der Waals surface area (Å²) in [6.07, 6.45) is 5.76. The molecule has 0 bridgehead atoms. The first-order valence-electron chi connectivity index (χ1n) is 11.7. The lowest BCUT2D eigenvalue weighted by Crippen LogP contribution is -2.39. The topological polar surface area (TPSA) is 96.1 Å². The summed E-state index contributed by atoms with van der Waals surface area (Å²) in [7, 11) is 3.66. The van der Waals surface area contributed by atoms with E-state index in [9.17, 15) is 10.1 Å². The highest BCUT2D eigenvalue weighted by molar-refractivity contribution is 5.94. The fourth-order valence-electron chi connectivity index (χ4n) is 4.36. The number of amides is 1. The molecule has 2 aliphatic rings. The van der Waals surface area contributed by atoms with Crippen LogP contribution >= 0.6 is 0 Å². The number of pyridine rings is 1. The fraction of sp³-hybridized carbons (Fsp3) is 0.385. The van der Waals surface area contributed by atoms with Crippen molar-refractivity contribution in [3.8, 4) is 29.0 Å². The molecule has 1 saturated carbocycles. The molecule has 34 heavy (non-hydrogen) atoms. The van der Waals surface area contributed by atoms with Crippen LogP contribution in [0.25, 0.3) is 11.3 Å². The zero-order valence-corrected chi connectivity index (χ0v) is 19.5. The Bertz CT molecular complexity index is 1230. The summed E-state index contributed by atoms with van der Waals surface area (Å²) in [4.78, 5) is 19.2. The van der Waals surface area contributed by atoms with Gasteiger partial charge in [-0.25, -0.2) is 4.68 Å². The zero-order chi connectivity index (χ0) is 23.7. The van der Waals surface area contributed by atoms with E-state index >= 15 is 0 Å². The number of nitrogens with zero attached hydrogens (tertiary/aromatic N) is 5. The van der Waals surface area contributed by atoms with Crippen LogP contribution in [0.5, 0.6) is 11.6 Å². The number of rotatable bonds is 6. The average molecular weight is 457 g/mol. The first kappa shape index (κ1) is 22.1. The van der Waals surface area contributed by atoms with Gasteiger partial charge in [0, 0.05) is 37.6 Å². The second kappa shape index (κ2) is 9.27. The third-order valence-corrected chi connectivity index (χ3v) is 6.61. The number of aromatic nitrogens is 3. The monoisotopic (exact) mass is 456 g/mol. The summed E-state index contributed by atoms with van der Waals surface area (Å²) < 4.78 is 7.96. The van der Waals surface area contributed by atoms with Gasteiger partial charge in [0.2, 0.25) is 11.8 Å². The molecule has 2 fully saturated rings. The summed E-state index contributed by atoms with van der Waals surface area (Å²) in [5.41, 5.74) is 3.78. The van der Waals surface area contributed by atoms with Gasteiger partial charge in [0.1, 0.15) is 5.75 Å². The van der Waals surface area contributed by atoms with Crippen molar-refractivity contribution in [1.29, 1.82) is 5.26 Å². The van der Waals surface area contributed by atoms with Crippen molar-refractivity contribution in [3.05, 3.63) is 53.9 Å². The van der Waals surface area contributed by atoms with E-state index in [2.05, 4.69) is 21.5 Å². The first-order valence-corrected chi connectivity index (χ1v) is 11.7. The molecule has 1 amide bonds. The molecule has 0 atom stereocenters. The Balaban J connectivity index is 1.40. The van der Waals surface area contributed by atoms with Crippen molar-refractivity contribution in [3.63, 3.8) is 0 Å². The molecule has 1 aliphatic heterocycles. The van der Waals surface area contributed by atoms with Crippen LogP contribution in [-0.4, -0.2) is 40.8 Å². The van der Waals surface area contributed by atoms with E-state index in [-0.39, 0.29) is 11.8 Å². The number of aryl methyl sites for hydroxylation is 1. The van der Waals surface area contributed by atoms with Crippen LogP contribution in [0.1, 0.15) is 42.9 Å². The molecule has 3 heterocycles. The van der Waals surface area contributed by atoms with Crippen molar-refractivity contribution in [2.45, 2.75) is 31.6 Å². The standard InChI is InChI=1S/C26H28N6O2/c1-31(26(33)19-9-11-28-12-10-19)20-6-8-22(29-16-20)21-7-3-17(15-27)13-24(21)34-25-14-23(18-4-5-18)30-32(25)2/h3,6-8,13-14,16,18-19,28H,4-5,9-12H2,1-2H3. The Morgan fingerprint density at radius 2 is 1.97 bits per heavy atom. The number of carbonyl (C=O) groups is 1. The number of hydrogen-bond acceptors (Lipinski definition) is 6. The Labute approximate surface area is 199 Å². The molecule has 0 spiro atoms. The molecule has 2 aromatic heterocycles. The minimum Gasteiger partial charge on any atom is -0.439 e. The van der Waals surface area contributed by atoms with Crippen LogP contribution in [0.3, 0.4) is 0 Å². The molecule has 3 aromatic rings. The highest BCUT2D eigenvalue weighted by Crippen LogP contribution is 2.41. The summed E-state index contributed by atoms with van der Waals surface area (Å²) >= 11 is 0. The summed E-state index contributed by atoms with van der Waals surface area (Å²) in [5.74, 6) is 1.86. The molecule has 1 aliphatic carbocycles. The predicted molar refractivity (Wildman–Crippen MR) is 129 cm³/mol. The van der Waals surface area contributed by atoms with Gasteiger partial charge in [0.15, 0.2) is 0 Å². The number of anilines is 1. The molecule has 174 valence electrons. The minimum atomic E-state index is 0.0453. The molecule has 5 rings (SSSR count). The van der Waals surface area contributed by atoms with Crippen molar-refractivity contribution >= 4 is 11.6 Å². The lowest BCUT2D eigenvalue weighted by atomic mass is 9.96. The number of hydrogen-bond donors (Lipinski definition) is 1. The van der Waals surface area contributed by atoms with Crippen molar-refractivity contribution in [2.75, 3.05) is 25.0 Å². The SMILES string of the molecule is CN(C(=O)C1CCNCC1)c1ccc(-c2ccc(C#N)cc2Oc2cc(C3CC3)nn2C)nc1. The molecule has 8 nitrogen and oxygen atoms in total. The smallest absolute Gasteiger partial charge is 0.229 e. The van der Waals surface area contributed by atoms with Gasteiger partial charge in [0.05, 0.1) is 34.9 Å². The van der Waals surface area contributed by atoms with Gasteiger partial charge in [0.25, 0.3) is 0 Å². The third-order valence-electron chi connectivity index (χ3n) is 6.61. The van der Waals surface area contributed by atoms with E-state index in [1.807, 2.05) is 31.3 Å². The number of piperidine rings is 1. The molecule has 8 heteroatoms. The summed E-state index contributed by atoms with van der Waals surface area (Å²) in [6.45, 7) is 1.75. The van der Waals surface area contributed by atoms with Crippen LogP contribution in [0.2, 0.25) is 0 Å². The van der Waals surface area contributed by atoms with Crippen molar-refractivity contribution < 1.29 is 9.53 Å². The van der Waals surface area contributed by atoms with E-state index in [0.29, 0.717) is 28.8 Å². The van der Waals surface area contributed by atoms with E-state index in [4.69, 9.17) is 4.74 Å². The van der Waals surface area contributed by atoms with Crippen LogP contribution in [0.15, 0.2) is 42.6 Å². The highest BCUT2D eigenvalue weighted by Gasteiger charge is 2.28. The third kappa shape index (κ3) is 4.52. The number of benzene rings is 1. The minimum absolute atomic E-state index is 0.0453. The first-order chi connectivity index (χ1) is 16.5. The maximum absolute atomic E-state index is 12.9. The second-order valence-electron chi connectivity index (χ2n) is 9.05. The van der Waals surface area contributed by atoms with Gasteiger partial charge in [-0.05, 0) is 69.1 Å². The predicted octanol–water partition coefficient (Wildman–Crippen LogP) is 3.99. The van der Waals surface area contributed by atoms with Crippen molar-refractivity contribution in [2.24, 2.45) is 13.0 Å². The van der Waals surface area contributed by atoms with E-state index in [1.165, 1.54) is 0 Å². The lowest BCUT2D eigenvalue weighted by molar-refractivity contribution is -0.122. The normalized spacial score (nSPS) is 16.1. The van der Waals surface area contributed by atoms with E-state index in [1.54, 1.807) is 35.0 Å². The molecular formula is C26H28N6O2. The maximum atomic E-state index is 12.9. The number of nitriles is 1. The number of nitrogens with one attached hydrogen (secondary N) is 1. The lowest BCUT2D eigenvalue weighted by Gasteiger charge is -2.26. The van der Waals surface area contributed by atoms with Gasteiger partial charge in [-0.1, -0.05) is 0 Å². The maximum Gasteiger partial charge on any atom is 0.229 e. The average Bonchev–Trinajstić information content (AvgIpc) is 3.67. The zero-order valence-electron chi connectivity index (χ0n) is 19.5. The van der Waals surface area contributed by atoms with Crippen LogP contribution in [-0.2, 0) is 11.8 Å². The molecule has 1 N–H and O–H groups in total. The van der Waals surface area contributed by atoms with Crippen LogP contribution in [0, 0.1) is 17.2 Å². The Hall–Kier alpha value is -3.70. The van der Waals surface area contributed by atoms with Gasteiger partial charge in [-0.2, -0.15) is 10.4 Å². The van der Waals surface area contributed by atoms with E-state index < -0.39 is 0 Å². The van der Waals surface area contributed by atoms with E-state index in [0.717, 1.165) is 55.7 Å². The van der Waals surface area contributed by atoms with Gasteiger partial charge in [-0.15, -0.1) is 0 Å². The molecular weight excluding hydrogens is 428 g/mol. The molecule has 1 aromatic carbocycles. The summed E-state index contributed by atoms with van der Waals surface area (Å²) in [6, 6.07) is 13.3. The molecule has 0 radical (unpaired) electrons. The van der Waals surface area contributed by atoms with Crippen LogP contribution < -0.4 is 15.0 Å². The molecule has 1 saturated heterocycles. The van der Waals surface area contributed by atoms with Gasteiger partial charge >= 0.3 is 0 Å². The molecule has 0 unspecified atom stereocenters. The van der Waals surface area contributed by atoms with Crippen molar-refractivity contribution in [1.82, 2.24) is 20.1 Å². The highest BCUT2D eigenvalue weighted by atomic mass is 16.5. The second-order valence-corrected chi connectivity index (χ2v) is 9.05. The largest absolute Gasteiger partial charge is 0.439 e. The van der Waals surface area contributed by atoms with Gasteiger partial charge < -0.3 is 15.0 Å². The Morgan fingerprint density at radius 1 is 1.18 bits per heavy atom. The summed E-state index contributed by atoms with van der Waals surface area (Å²) in [5, 5.41) is 17.3. The Kier molecular flexibility index (Phi) is 6.03. The van der Waals surface area contributed by atoms with Gasteiger partial charge in [-0.3, -0.25) is 9.78 Å². The Morgan fingerprint density at radius 3 is 2.65 bits per heavy atom.